The van der Waals surface area contributed by atoms with Crippen LogP contribution in [-0.4, -0.2) is 36.0 Å². The van der Waals surface area contributed by atoms with E-state index in [0.29, 0.717) is 41.5 Å². The summed E-state index contributed by atoms with van der Waals surface area (Å²) in [5.41, 5.74) is 12.3. The van der Waals surface area contributed by atoms with Crippen LogP contribution >= 0.6 is 0 Å². The van der Waals surface area contributed by atoms with E-state index in [9.17, 15) is 14.7 Å². The zero-order valence-corrected chi connectivity index (χ0v) is 20.0. The second-order valence-electron chi connectivity index (χ2n) is 7.63. The first-order valence-electron chi connectivity index (χ1n) is 11.3. The van der Waals surface area contributed by atoms with Gasteiger partial charge in [0.25, 0.3) is 11.8 Å². The van der Waals surface area contributed by atoms with Gasteiger partial charge in [-0.25, -0.2) is 0 Å². The summed E-state index contributed by atoms with van der Waals surface area (Å²) in [5.74, 6) is -0.0962. The van der Waals surface area contributed by atoms with Crippen molar-refractivity contribution in [1.29, 1.82) is 5.41 Å². The van der Waals surface area contributed by atoms with E-state index < -0.39 is 17.9 Å². The van der Waals surface area contributed by atoms with Crippen LogP contribution in [0.25, 0.3) is 0 Å². The first kappa shape index (κ1) is 25.9. The lowest BCUT2D eigenvalue weighted by Gasteiger charge is -2.22. The fourth-order valence-electron chi connectivity index (χ4n) is 3.34. The second kappa shape index (κ2) is 12.1. The van der Waals surface area contributed by atoms with Crippen LogP contribution in [0.15, 0.2) is 66.7 Å². The van der Waals surface area contributed by atoms with Crippen LogP contribution < -0.4 is 31.4 Å². The third kappa shape index (κ3) is 6.66. The number of benzene rings is 3. The molecule has 0 spiro atoms. The highest BCUT2D eigenvalue weighted by molar-refractivity contribution is 5.97. The maximum atomic E-state index is 13.2. The number of amides is 2. The van der Waals surface area contributed by atoms with E-state index >= 15 is 0 Å². The first-order valence-corrected chi connectivity index (χ1v) is 11.3. The largest absolute Gasteiger partial charge is 0.508 e. The fourth-order valence-corrected chi connectivity index (χ4v) is 3.34. The number of carbonyl (C=O) groups is 2. The molecular formula is C26H29N5O5. The summed E-state index contributed by atoms with van der Waals surface area (Å²) >= 11 is 0. The summed E-state index contributed by atoms with van der Waals surface area (Å²) in [6, 6.07) is 16.6. The summed E-state index contributed by atoms with van der Waals surface area (Å²) in [6.07, 6.45) is 0. The number of hydrazine groups is 1. The molecule has 0 bridgehead atoms. The second-order valence-corrected chi connectivity index (χ2v) is 7.63. The van der Waals surface area contributed by atoms with Crippen LogP contribution in [0.5, 0.6) is 17.2 Å². The van der Waals surface area contributed by atoms with Crippen molar-refractivity contribution in [2.45, 2.75) is 19.9 Å². The molecule has 3 rings (SSSR count). The molecule has 0 aliphatic heterocycles. The van der Waals surface area contributed by atoms with Crippen molar-refractivity contribution in [3.05, 3.63) is 83.4 Å². The molecule has 0 heterocycles. The Hall–Kier alpha value is -4.73. The maximum absolute atomic E-state index is 13.2. The van der Waals surface area contributed by atoms with Crippen LogP contribution in [0.2, 0.25) is 0 Å². The van der Waals surface area contributed by atoms with Crippen molar-refractivity contribution in [2.75, 3.05) is 18.5 Å². The molecule has 2 amide bonds. The predicted molar refractivity (Wildman–Crippen MR) is 136 cm³/mol. The molecule has 188 valence electrons. The normalized spacial score (nSPS) is 11.2. The molecule has 0 fully saturated rings. The highest BCUT2D eigenvalue weighted by Crippen LogP contribution is 2.32. The molecule has 0 aliphatic carbocycles. The highest BCUT2D eigenvalue weighted by Gasteiger charge is 2.23. The number of aromatic hydroxyl groups is 1. The number of phenols is 1. The molecule has 0 radical (unpaired) electrons. The van der Waals surface area contributed by atoms with E-state index in [1.54, 1.807) is 42.5 Å². The van der Waals surface area contributed by atoms with Crippen LogP contribution in [0.4, 0.5) is 5.69 Å². The zero-order valence-electron chi connectivity index (χ0n) is 20.0. The minimum Gasteiger partial charge on any atom is -0.508 e. The standard InChI is InChI=1S/C26H29N5O5/c1-3-35-21-14-9-18(15-22(21)36-4-2)23(29-19-10-5-16(6-11-19)24(27)28)26(34)31-30-25(33)17-7-12-20(32)13-8-17/h5-15,23,29,32H,3-4H2,1-2H3,(H3,27,28)(H,30,33)(H,31,34). The minimum absolute atomic E-state index is 0.0243. The van der Waals surface area contributed by atoms with Crippen molar-refractivity contribution < 1.29 is 24.2 Å². The van der Waals surface area contributed by atoms with Crippen molar-refractivity contribution in [3.63, 3.8) is 0 Å². The molecule has 1 atom stereocenters. The Balaban J connectivity index is 1.86. The average Bonchev–Trinajstić information content (AvgIpc) is 2.87. The number of hydrogen-bond donors (Lipinski definition) is 6. The number of phenolic OH excluding ortho intramolecular Hbond substituents is 1. The number of rotatable bonds is 10. The number of carbonyl (C=O) groups excluding carboxylic acids is 2. The van der Waals surface area contributed by atoms with Crippen LogP contribution in [0.3, 0.4) is 0 Å². The summed E-state index contributed by atoms with van der Waals surface area (Å²) in [7, 11) is 0. The van der Waals surface area contributed by atoms with E-state index in [1.807, 2.05) is 13.8 Å². The Labute approximate surface area is 208 Å². The van der Waals surface area contributed by atoms with Gasteiger partial charge in [-0.15, -0.1) is 0 Å². The quantitative estimate of drug-likeness (QED) is 0.144. The molecule has 7 N–H and O–H groups in total. The number of nitrogens with two attached hydrogens (primary N) is 1. The Kier molecular flexibility index (Phi) is 8.71. The van der Waals surface area contributed by atoms with Gasteiger partial charge in [-0.2, -0.15) is 0 Å². The van der Waals surface area contributed by atoms with Crippen molar-refractivity contribution in [3.8, 4) is 17.2 Å². The van der Waals surface area contributed by atoms with Gasteiger partial charge in [-0.3, -0.25) is 25.8 Å². The number of ether oxygens (including phenoxy) is 2. The van der Waals surface area contributed by atoms with Gasteiger partial charge in [0.1, 0.15) is 17.6 Å². The molecule has 3 aromatic rings. The Morgan fingerprint density at radius 2 is 1.50 bits per heavy atom. The van der Waals surface area contributed by atoms with Crippen LogP contribution in [0, 0.1) is 5.41 Å². The maximum Gasteiger partial charge on any atom is 0.269 e. The lowest BCUT2D eigenvalue weighted by molar-refractivity contribution is -0.122. The molecule has 0 saturated heterocycles. The summed E-state index contributed by atoms with van der Waals surface area (Å²) in [4.78, 5) is 25.7. The van der Waals surface area contributed by atoms with Crippen LogP contribution in [0.1, 0.15) is 41.4 Å². The lowest BCUT2D eigenvalue weighted by atomic mass is 10.0. The van der Waals surface area contributed by atoms with Gasteiger partial charge in [0.15, 0.2) is 11.5 Å². The minimum atomic E-state index is -0.928. The smallest absolute Gasteiger partial charge is 0.269 e. The van der Waals surface area contributed by atoms with Gasteiger partial charge in [0.05, 0.1) is 13.2 Å². The number of nitrogens with one attached hydrogen (secondary N) is 4. The Morgan fingerprint density at radius 1 is 0.889 bits per heavy atom. The van der Waals surface area contributed by atoms with Crippen molar-refractivity contribution in [2.24, 2.45) is 5.73 Å². The monoisotopic (exact) mass is 491 g/mol. The molecular weight excluding hydrogens is 462 g/mol. The molecule has 0 saturated carbocycles. The fraction of sp³-hybridized carbons (Fsp3) is 0.192. The SMILES string of the molecule is CCOc1ccc(C(Nc2ccc(C(=N)N)cc2)C(=O)NNC(=O)c2ccc(O)cc2)cc1OCC. The van der Waals surface area contributed by atoms with Gasteiger partial charge < -0.3 is 25.6 Å². The van der Waals surface area contributed by atoms with E-state index in [2.05, 4.69) is 16.2 Å². The van der Waals surface area contributed by atoms with Crippen molar-refractivity contribution in [1.82, 2.24) is 10.9 Å². The van der Waals surface area contributed by atoms with E-state index in [-0.39, 0.29) is 17.1 Å². The number of anilines is 1. The number of hydrogen-bond acceptors (Lipinski definition) is 7. The van der Waals surface area contributed by atoms with Gasteiger partial charge in [-0.05, 0) is 80.1 Å². The molecule has 10 nitrogen and oxygen atoms in total. The predicted octanol–water partition coefficient (Wildman–Crippen LogP) is 3.09. The molecule has 36 heavy (non-hydrogen) atoms. The highest BCUT2D eigenvalue weighted by atomic mass is 16.5. The molecule has 1 unspecified atom stereocenters. The van der Waals surface area contributed by atoms with E-state index in [0.717, 1.165) is 0 Å². The first-order chi connectivity index (χ1) is 17.3. The number of nitrogen functional groups attached to an aromatic ring is 1. The lowest BCUT2D eigenvalue weighted by Crippen LogP contribution is -2.45. The average molecular weight is 492 g/mol. The van der Waals surface area contributed by atoms with Gasteiger partial charge in [0, 0.05) is 16.8 Å². The van der Waals surface area contributed by atoms with Crippen molar-refractivity contribution >= 4 is 23.3 Å². The topological polar surface area (TPSA) is 159 Å². The molecule has 0 aromatic heterocycles. The molecule has 3 aromatic carbocycles. The van der Waals surface area contributed by atoms with Gasteiger partial charge >= 0.3 is 0 Å². The molecule has 10 heteroatoms. The Morgan fingerprint density at radius 3 is 2.11 bits per heavy atom. The van der Waals surface area contributed by atoms with Gasteiger partial charge in [-0.1, -0.05) is 6.07 Å². The summed E-state index contributed by atoms with van der Waals surface area (Å²) < 4.78 is 11.3. The third-order valence-corrected chi connectivity index (χ3v) is 5.10. The summed E-state index contributed by atoms with van der Waals surface area (Å²) in [5, 5.41) is 20.1. The number of amidine groups is 1. The zero-order chi connectivity index (χ0) is 26.1. The van der Waals surface area contributed by atoms with E-state index in [4.69, 9.17) is 20.6 Å². The van der Waals surface area contributed by atoms with Gasteiger partial charge in [0.2, 0.25) is 0 Å². The summed E-state index contributed by atoms with van der Waals surface area (Å²) in [6.45, 7) is 4.57. The van der Waals surface area contributed by atoms with Crippen LogP contribution in [-0.2, 0) is 4.79 Å². The molecule has 0 aliphatic rings. The Bertz CT molecular complexity index is 1210. The third-order valence-electron chi connectivity index (χ3n) is 5.10. The van der Waals surface area contributed by atoms with E-state index in [1.165, 1.54) is 24.3 Å².